The van der Waals surface area contributed by atoms with Gasteiger partial charge in [0.05, 0.1) is 11.1 Å². The van der Waals surface area contributed by atoms with E-state index >= 15 is 0 Å². The first-order valence-corrected chi connectivity index (χ1v) is 6.36. The second-order valence-electron chi connectivity index (χ2n) is 4.79. The van der Waals surface area contributed by atoms with Gasteiger partial charge in [0.1, 0.15) is 5.82 Å². The SMILES string of the molecule is O=C1NC(=O)c2cc(CCc3ccc(F)cc3)ccc21. The van der Waals surface area contributed by atoms with Crippen molar-refractivity contribution in [1.82, 2.24) is 5.32 Å². The fourth-order valence-corrected chi connectivity index (χ4v) is 2.31. The smallest absolute Gasteiger partial charge is 0.258 e. The molecule has 0 radical (unpaired) electrons. The Labute approximate surface area is 115 Å². The maximum Gasteiger partial charge on any atom is 0.258 e. The van der Waals surface area contributed by atoms with Gasteiger partial charge < -0.3 is 0 Å². The van der Waals surface area contributed by atoms with E-state index < -0.39 is 0 Å². The van der Waals surface area contributed by atoms with E-state index in [0.717, 1.165) is 24.0 Å². The van der Waals surface area contributed by atoms with Gasteiger partial charge in [-0.2, -0.15) is 0 Å². The molecule has 3 nitrogen and oxygen atoms in total. The molecule has 4 heteroatoms. The lowest BCUT2D eigenvalue weighted by atomic mass is 10.0. The minimum absolute atomic E-state index is 0.249. The predicted octanol–water partition coefficient (Wildman–Crippen LogP) is 2.49. The minimum Gasteiger partial charge on any atom is -0.288 e. The number of nitrogens with one attached hydrogen (secondary N) is 1. The standard InChI is InChI=1S/C16H12FNO2/c17-12-6-3-10(4-7-12)1-2-11-5-8-13-14(9-11)16(20)18-15(13)19/h3-9H,1-2H2,(H,18,19,20). The zero-order valence-electron chi connectivity index (χ0n) is 10.7. The molecule has 1 N–H and O–H groups in total. The van der Waals surface area contributed by atoms with Crippen LogP contribution in [0.25, 0.3) is 0 Å². The number of imide groups is 1. The van der Waals surface area contributed by atoms with E-state index in [-0.39, 0.29) is 17.6 Å². The third-order valence-electron chi connectivity index (χ3n) is 3.42. The Morgan fingerprint density at radius 3 is 2.15 bits per heavy atom. The summed E-state index contributed by atoms with van der Waals surface area (Å²) in [6.45, 7) is 0. The monoisotopic (exact) mass is 269 g/mol. The molecule has 0 aliphatic carbocycles. The van der Waals surface area contributed by atoms with Crippen LogP contribution in [0.15, 0.2) is 42.5 Å². The van der Waals surface area contributed by atoms with E-state index in [1.54, 1.807) is 24.3 Å². The molecule has 1 aliphatic rings. The summed E-state index contributed by atoms with van der Waals surface area (Å²) in [5, 5.41) is 2.27. The number of aryl methyl sites for hydroxylation is 2. The van der Waals surface area contributed by atoms with E-state index in [4.69, 9.17) is 0 Å². The van der Waals surface area contributed by atoms with Crippen LogP contribution in [0.4, 0.5) is 4.39 Å². The maximum absolute atomic E-state index is 12.8. The Morgan fingerprint density at radius 1 is 0.800 bits per heavy atom. The van der Waals surface area contributed by atoms with Crippen LogP contribution in [0, 0.1) is 5.82 Å². The molecule has 1 aliphatic heterocycles. The number of halogens is 1. The molecule has 1 heterocycles. The number of rotatable bonds is 3. The fourth-order valence-electron chi connectivity index (χ4n) is 2.31. The summed E-state index contributed by atoms with van der Waals surface area (Å²) < 4.78 is 12.8. The summed E-state index contributed by atoms with van der Waals surface area (Å²) in [5.74, 6) is -0.926. The third-order valence-corrected chi connectivity index (χ3v) is 3.42. The van der Waals surface area contributed by atoms with Crippen molar-refractivity contribution < 1.29 is 14.0 Å². The molecule has 100 valence electrons. The number of hydrogen-bond donors (Lipinski definition) is 1. The molecule has 0 fully saturated rings. The summed E-state index contributed by atoms with van der Waals surface area (Å²) in [6, 6.07) is 11.6. The molecule has 20 heavy (non-hydrogen) atoms. The second-order valence-corrected chi connectivity index (χ2v) is 4.79. The van der Waals surface area contributed by atoms with Crippen LogP contribution in [0.3, 0.4) is 0 Å². The Hall–Kier alpha value is -2.49. The van der Waals surface area contributed by atoms with Crippen LogP contribution in [0.2, 0.25) is 0 Å². The van der Waals surface area contributed by atoms with Gasteiger partial charge in [-0.05, 0) is 48.2 Å². The highest BCUT2D eigenvalue weighted by Crippen LogP contribution is 2.18. The number of amides is 2. The van der Waals surface area contributed by atoms with Gasteiger partial charge in [-0.25, -0.2) is 4.39 Å². The highest BCUT2D eigenvalue weighted by Gasteiger charge is 2.26. The lowest BCUT2D eigenvalue weighted by Crippen LogP contribution is -2.19. The van der Waals surface area contributed by atoms with Crippen molar-refractivity contribution >= 4 is 11.8 Å². The van der Waals surface area contributed by atoms with Gasteiger partial charge in [-0.3, -0.25) is 14.9 Å². The first-order chi connectivity index (χ1) is 9.63. The molecule has 2 aromatic carbocycles. The van der Waals surface area contributed by atoms with Crippen molar-refractivity contribution in [3.63, 3.8) is 0 Å². The summed E-state index contributed by atoms with van der Waals surface area (Å²) in [6.07, 6.45) is 1.50. The molecule has 0 bridgehead atoms. The second kappa shape index (κ2) is 4.89. The van der Waals surface area contributed by atoms with E-state index in [1.807, 2.05) is 6.07 Å². The number of carbonyl (C=O) groups excluding carboxylic acids is 2. The number of benzene rings is 2. The van der Waals surface area contributed by atoms with Crippen molar-refractivity contribution in [2.75, 3.05) is 0 Å². The van der Waals surface area contributed by atoms with E-state index in [1.165, 1.54) is 12.1 Å². The summed E-state index contributed by atoms with van der Waals surface area (Å²) in [5.41, 5.74) is 2.89. The number of fused-ring (bicyclic) bond motifs is 1. The highest BCUT2D eigenvalue weighted by molar-refractivity contribution is 6.21. The molecule has 0 aromatic heterocycles. The molecular weight excluding hydrogens is 257 g/mol. The van der Waals surface area contributed by atoms with E-state index in [0.29, 0.717) is 11.1 Å². The molecule has 3 rings (SSSR count). The van der Waals surface area contributed by atoms with Gasteiger partial charge in [0.15, 0.2) is 0 Å². The normalized spacial score (nSPS) is 13.2. The van der Waals surface area contributed by atoms with Crippen LogP contribution < -0.4 is 5.32 Å². The predicted molar refractivity (Wildman–Crippen MR) is 72.0 cm³/mol. The van der Waals surface area contributed by atoms with Gasteiger partial charge in [-0.1, -0.05) is 18.2 Å². The highest BCUT2D eigenvalue weighted by atomic mass is 19.1. The average molecular weight is 269 g/mol. The van der Waals surface area contributed by atoms with Crippen molar-refractivity contribution in [3.05, 3.63) is 70.5 Å². The number of carbonyl (C=O) groups is 2. The Morgan fingerprint density at radius 2 is 1.40 bits per heavy atom. The Kier molecular flexibility index (Phi) is 3.06. The van der Waals surface area contributed by atoms with Crippen molar-refractivity contribution in [1.29, 1.82) is 0 Å². The lowest BCUT2D eigenvalue weighted by molar-refractivity contribution is 0.0879. The molecule has 2 aromatic rings. The molecule has 0 atom stereocenters. The molecule has 2 amide bonds. The molecule has 0 saturated heterocycles. The van der Waals surface area contributed by atoms with E-state index in [2.05, 4.69) is 5.32 Å². The van der Waals surface area contributed by atoms with Crippen molar-refractivity contribution in [2.45, 2.75) is 12.8 Å². The zero-order chi connectivity index (χ0) is 14.1. The molecular formula is C16H12FNO2. The third kappa shape index (κ3) is 2.32. The lowest BCUT2D eigenvalue weighted by Gasteiger charge is -2.04. The summed E-state index contributed by atoms with van der Waals surface area (Å²) >= 11 is 0. The first kappa shape index (κ1) is 12.5. The quantitative estimate of drug-likeness (QED) is 0.870. The van der Waals surface area contributed by atoms with Crippen molar-refractivity contribution in [3.8, 4) is 0 Å². The number of hydrogen-bond acceptors (Lipinski definition) is 2. The molecule has 0 spiro atoms. The van der Waals surface area contributed by atoms with Gasteiger partial charge >= 0.3 is 0 Å². The maximum atomic E-state index is 12.8. The van der Waals surface area contributed by atoms with Gasteiger partial charge in [0.25, 0.3) is 11.8 Å². The summed E-state index contributed by atoms with van der Waals surface area (Å²) in [4.78, 5) is 23.0. The first-order valence-electron chi connectivity index (χ1n) is 6.36. The van der Waals surface area contributed by atoms with E-state index in [9.17, 15) is 14.0 Å². The fraction of sp³-hybridized carbons (Fsp3) is 0.125. The Balaban J connectivity index is 1.76. The van der Waals surface area contributed by atoms with Gasteiger partial charge in [0.2, 0.25) is 0 Å². The van der Waals surface area contributed by atoms with Crippen LogP contribution in [-0.2, 0) is 12.8 Å². The van der Waals surface area contributed by atoms with Gasteiger partial charge in [0, 0.05) is 0 Å². The van der Waals surface area contributed by atoms with Crippen LogP contribution in [0.1, 0.15) is 31.8 Å². The zero-order valence-corrected chi connectivity index (χ0v) is 10.7. The minimum atomic E-state index is -0.339. The van der Waals surface area contributed by atoms with Crippen LogP contribution in [-0.4, -0.2) is 11.8 Å². The molecule has 0 saturated carbocycles. The van der Waals surface area contributed by atoms with Crippen LogP contribution in [0.5, 0.6) is 0 Å². The van der Waals surface area contributed by atoms with Crippen molar-refractivity contribution in [2.24, 2.45) is 0 Å². The average Bonchev–Trinajstić information content (AvgIpc) is 2.73. The Bertz CT molecular complexity index is 692. The largest absolute Gasteiger partial charge is 0.288 e. The molecule has 0 unspecified atom stereocenters. The van der Waals surface area contributed by atoms with Crippen LogP contribution >= 0.6 is 0 Å². The summed E-state index contributed by atoms with van der Waals surface area (Å²) in [7, 11) is 0. The van der Waals surface area contributed by atoms with Gasteiger partial charge in [-0.15, -0.1) is 0 Å². The topological polar surface area (TPSA) is 46.2 Å².